The van der Waals surface area contributed by atoms with Crippen molar-refractivity contribution in [3.8, 4) is 0 Å². The molecule has 0 radical (unpaired) electrons. The van der Waals surface area contributed by atoms with Crippen LogP contribution in [0, 0.1) is 0 Å². The van der Waals surface area contributed by atoms with Crippen LogP contribution in [-0.2, 0) is 13.0 Å². The van der Waals surface area contributed by atoms with Crippen LogP contribution in [0.1, 0.15) is 25.0 Å². The number of nitrogens with zero attached hydrogens (tertiary/aromatic N) is 2. The fourth-order valence-electron chi connectivity index (χ4n) is 3.03. The molecular formula is C19H24N2. The van der Waals surface area contributed by atoms with Crippen LogP contribution in [0.3, 0.4) is 0 Å². The zero-order valence-electron chi connectivity index (χ0n) is 13.1. The number of piperazine rings is 1. The summed E-state index contributed by atoms with van der Waals surface area (Å²) >= 11 is 0. The Balaban J connectivity index is 1.70. The molecule has 1 saturated heterocycles. The van der Waals surface area contributed by atoms with E-state index >= 15 is 0 Å². The summed E-state index contributed by atoms with van der Waals surface area (Å²) in [6.45, 7) is 12.8. The van der Waals surface area contributed by atoms with Crippen molar-refractivity contribution in [2.24, 2.45) is 0 Å². The van der Waals surface area contributed by atoms with Crippen molar-refractivity contribution >= 4 is 0 Å². The molecule has 0 atom stereocenters. The molecule has 2 aliphatic heterocycles. The van der Waals surface area contributed by atoms with Gasteiger partial charge in [0, 0.05) is 38.1 Å². The fourth-order valence-corrected chi connectivity index (χ4v) is 3.03. The average Bonchev–Trinajstić information content (AvgIpc) is 2.52. The summed E-state index contributed by atoms with van der Waals surface area (Å²) in [5.74, 6) is 0. The van der Waals surface area contributed by atoms with Crippen molar-refractivity contribution in [1.29, 1.82) is 0 Å². The molecule has 0 spiro atoms. The third kappa shape index (κ3) is 2.96. The zero-order valence-corrected chi connectivity index (χ0v) is 13.1. The first-order valence-corrected chi connectivity index (χ1v) is 7.81. The second kappa shape index (κ2) is 5.90. The second-order valence-electron chi connectivity index (χ2n) is 5.99. The molecule has 1 aromatic carbocycles. The fraction of sp³-hybridized carbons (Fsp3) is 0.368. The monoisotopic (exact) mass is 280 g/mol. The molecule has 2 nitrogen and oxygen atoms in total. The van der Waals surface area contributed by atoms with Crippen LogP contribution in [0.2, 0.25) is 0 Å². The van der Waals surface area contributed by atoms with Gasteiger partial charge in [0.05, 0.1) is 0 Å². The molecule has 0 bridgehead atoms. The van der Waals surface area contributed by atoms with Gasteiger partial charge in [-0.25, -0.2) is 0 Å². The SMILES string of the molecule is C=C1C=CN2CCN(Cc3ccc(CC)cc3)CC2=C1C. The van der Waals surface area contributed by atoms with Gasteiger partial charge in [-0.1, -0.05) is 37.8 Å². The molecular weight excluding hydrogens is 256 g/mol. The number of hydrogen-bond donors (Lipinski definition) is 0. The maximum absolute atomic E-state index is 4.12. The topological polar surface area (TPSA) is 6.48 Å². The van der Waals surface area contributed by atoms with Gasteiger partial charge in [0.1, 0.15) is 0 Å². The van der Waals surface area contributed by atoms with Crippen LogP contribution in [0.25, 0.3) is 0 Å². The molecule has 110 valence electrons. The Hall–Kier alpha value is -1.80. The van der Waals surface area contributed by atoms with E-state index in [4.69, 9.17) is 0 Å². The first kappa shape index (κ1) is 14.2. The van der Waals surface area contributed by atoms with Gasteiger partial charge in [-0.2, -0.15) is 0 Å². The summed E-state index contributed by atoms with van der Waals surface area (Å²) in [5.41, 5.74) is 6.72. The minimum Gasteiger partial charge on any atom is -0.349 e. The van der Waals surface area contributed by atoms with Gasteiger partial charge in [-0.05, 0) is 41.7 Å². The van der Waals surface area contributed by atoms with E-state index in [9.17, 15) is 0 Å². The molecule has 1 fully saturated rings. The maximum atomic E-state index is 4.12. The molecule has 0 saturated carbocycles. The number of benzene rings is 1. The van der Waals surface area contributed by atoms with Crippen molar-refractivity contribution in [1.82, 2.24) is 9.80 Å². The van der Waals surface area contributed by atoms with E-state index in [0.29, 0.717) is 0 Å². The summed E-state index contributed by atoms with van der Waals surface area (Å²) in [7, 11) is 0. The largest absolute Gasteiger partial charge is 0.349 e. The van der Waals surface area contributed by atoms with Gasteiger partial charge in [0.25, 0.3) is 0 Å². The normalized spacial score (nSPS) is 19.1. The number of fused-ring (bicyclic) bond motifs is 1. The molecule has 0 N–H and O–H groups in total. The van der Waals surface area contributed by atoms with Gasteiger partial charge in [0.2, 0.25) is 0 Å². The van der Waals surface area contributed by atoms with Crippen molar-refractivity contribution in [2.45, 2.75) is 26.8 Å². The molecule has 2 aliphatic rings. The molecule has 3 rings (SSSR count). The predicted molar refractivity (Wildman–Crippen MR) is 88.8 cm³/mol. The van der Waals surface area contributed by atoms with Crippen molar-refractivity contribution in [3.63, 3.8) is 0 Å². The van der Waals surface area contributed by atoms with Crippen LogP contribution in [-0.4, -0.2) is 29.4 Å². The van der Waals surface area contributed by atoms with Gasteiger partial charge in [0.15, 0.2) is 0 Å². The zero-order chi connectivity index (χ0) is 14.8. The Bertz CT molecular complexity index is 592. The highest BCUT2D eigenvalue weighted by Gasteiger charge is 2.23. The molecule has 0 unspecified atom stereocenters. The van der Waals surface area contributed by atoms with Gasteiger partial charge < -0.3 is 4.90 Å². The summed E-state index contributed by atoms with van der Waals surface area (Å²) in [5, 5.41) is 0. The van der Waals surface area contributed by atoms with E-state index in [1.165, 1.54) is 22.4 Å². The highest BCUT2D eigenvalue weighted by molar-refractivity contribution is 5.43. The van der Waals surface area contributed by atoms with Crippen molar-refractivity contribution in [2.75, 3.05) is 19.6 Å². The lowest BCUT2D eigenvalue weighted by atomic mass is 10.0. The standard InChI is InChI=1S/C19H24N2/c1-4-17-5-7-18(8-6-17)13-20-11-12-21-10-9-15(2)16(3)19(21)14-20/h5-10H,2,4,11-14H2,1,3H3. The second-order valence-corrected chi connectivity index (χ2v) is 5.99. The maximum Gasteiger partial charge on any atom is 0.0394 e. The lowest BCUT2D eigenvalue weighted by Gasteiger charge is -2.39. The van der Waals surface area contributed by atoms with Crippen LogP contribution in [0.15, 0.2) is 60.0 Å². The van der Waals surface area contributed by atoms with E-state index in [1.807, 2.05) is 0 Å². The quantitative estimate of drug-likeness (QED) is 0.832. The highest BCUT2D eigenvalue weighted by Crippen LogP contribution is 2.27. The molecule has 2 heteroatoms. The smallest absolute Gasteiger partial charge is 0.0394 e. The minimum absolute atomic E-state index is 1.02. The first-order chi connectivity index (χ1) is 10.2. The molecule has 0 aromatic heterocycles. The summed E-state index contributed by atoms with van der Waals surface area (Å²) in [4.78, 5) is 4.91. The highest BCUT2D eigenvalue weighted by atomic mass is 15.3. The van der Waals surface area contributed by atoms with Crippen molar-refractivity contribution in [3.05, 3.63) is 71.1 Å². The number of rotatable bonds is 3. The lowest BCUT2D eigenvalue weighted by Crippen LogP contribution is -2.43. The van der Waals surface area contributed by atoms with Gasteiger partial charge >= 0.3 is 0 Å². The van der Waals surface area contributed by atoms with Crippen LogP contribution >= 0.6 is 0 Å². The number of allylic oxidation sites excluding steroid dienone is 3. The van der Waals surface area contributed by atoms with Crippen molar-refractivity contribution < 1.29 is 0 Å². The van der Waals surface area contributed by atoms with E-state index in [1.54, 1.807) is 0 Å². The number of hydrogen-bond acceptors (Lipinski definition) is 2. The molecule has 0 aliphatic carbocycles. The molecule has 2 heterocycles. The van der Waals surface area contributed by atoms with E-state index in [-0.39, 0.29) is 0 Å². The third-order valence-corrected chi connectivity index (χ3v) is 4.58. The lowest BCUT2D eigenvalue weighted by molar-refractivity contribution is 0.199. The summed E-state index contributed by atoms with van der Waals surface area (Å²) < 4.78 is 0. The third-order valence-electron chi connectivity index (χ3n) is 4.58. The van der Waals surface area contributed by atoms with Gasteiger partial charge in [-0.15, -0.1) is 0 Å². The molecule has 0 amide bonds. The Kier molecular flexibility index (Phi) is 3.98. The van der Waals surface area contributed by atoms with E-state index in [2.05, 4.69) is 66.8 Å². The molecule has 1 aromatic rings. The Morgan fingerprint density at radius 3 is 2.52 bits per heavy atom. The Labute approximate surface area is 128 Å². The van der Waals surface area contributed by atoms with E-state index < -0.39 is 0 Å². The molecule has 21 heavy (non-hydrogen) atoms. The van der Waals surface area contributed by atoms with E-state index in [0.717, 1.165) is 38.2 Å². The van der Waals surface area contributed by atoms with Gasteiger partial charge in [-0.3, -0.25) is 4.90 Å². The Morgan fingerprint density at radius 2 is 1.81 bits per heavy atom. The first-order valence-electron chi connectivity index (χ1n) is 7.81. The summed E-state index contributed by atoms with van der Waals surface area (Å²) in [6.07, 6.45) is 5.41. The summed E-state index contributed by atoms with van der Waals surface area (Å²) in [6, 6.07) is 9.04. The van der Waals surface area contributed by atoms with Crippen LogP contribution < -0.4 is 0 Å². The minimum atomic E-state index is 1.02. The number of aryl methyl sites for hydroxylation is 1. The Morgan fingerprint density at radius 1 is 1.10 bits per heavy atom. The van der Waals surface area contributed by atoms with Crippen LogP contribution in [0.4, 0.5) is 0 Å². The average molecular weight is 280 g/mol. The predicted octanol–water partition coefficient (Wildman–Crippen LogP) is 3.72. The van der Waals surface area contributed by atoms with Crippen LogP contribution in [0.5, 0.6) is 0 Å².